The number of carbonyl (C=O) groups is 2. The SMILES string of the molecule is Cc1ccc(NC(=O)C(OC(=O)c2cccc(S(=O)(=O)NC3CC3)c2)c2ccccc2)cc1. The van der Waals surface area contributed by atoms with Crippen LogP contribution in [0.15, 0.2) is 83.8 Å². The number of amides is 1. The quantitative estimate of drug-likeness (QED) is 0.491. The fraction of sp³-hybridized carbons (Fsp3) is 0.200. The third kappa shape index (κ3) is 5.85. The number of carbonyl (C=O) groups excluding carboxylic acids is 2. The molecule has 1 aliphatic carbocycles. The first kappa shape index (κ1) is 22.7. The maximum absolute atomic E-state index is 13.0. The van der Waals surface area contributed by atoms with Crippen LogP contribution < -0.4 is 10.0 Å². The van der Waals surface area contributed by atoms with Gasteiger partial charge in [-0.05, 0) is 50.1 Å². The lowest BCUT2D eigenvalue weighted by atomic mass is 10.1. The van der Waals surface area contributed by atoms with Crippen molar-refractivity contribution in [2.45, 2.75) is 36.8 Å². The Morgan fingerprint density at radius 3 is 2.30 bits per heavy atom. The van der Waals surface area contributed by atoms with Gasteiger partial charge in [-0.3, -0.25) is 4.79 Å². The number of rotatable bonds is 8. The Balaban J connectivity index is 1.56. The molecule has 0 saturated heterocycles. The first-order chi connectivity index (χ1) is 15.8. The van der Waals surface area contributed by atoms with E-state index >= 15 is 0 Å². The van der Waals surface area contributed by atoms with Crippen LogP contribution in [-0.2, 0) is 19.6 Å². The van der Waals surface area contributed by atoms with Crippen LogP contribution in [0.1, 0.15) is 40.4 Å². The van der Waals surface area contributed by atoms with E-state index in [4.69, 9.17) is 4.74 Å². The van der Waals surface area contributed by atoms with Gasteiger partial charge < -0.3 is 10.1 Å². The molecule has 0 aliphatic heterocycles. The molecule has 3 aromatic rings. The number of sulfonamides is 1. The molecule has 2 N–H and O–H groups in total. The molecule has 0 spiro atoms. The summed E-state index contributed by atoms with van der Waals surface area (Å²) in [5.41, 5.74) is 2.15. The molecule has 1 unspecified atom stereocenters. The molecule has 0 bridgehead atoms. The van der Waals surface area contributed by atoms with E-state index in [0.717, 1.165) is 18.4 Å². The van der Waals surface area contributed by atoms with Crippen LogP contribution in [0.2, 0.25) is 0 Å². The molecule has 1 atom stereocenters. The molecule has 1 aliphatic rings. The van der Waals surface area contributed by atoms with Gasteiger partial charge in [-0.25, -0.2) is 17.9 Å². The molecule has 0 heterocycles. The summed E-state index contributed by atoms with van der Waals surface area (Å²) >= 11 is 0. The Bertz CT molecular complexity index is 1250. The largest absolute Gasteiger partial charge is 0.444 e. The highest BCUT2D eigenvalue weighted by molar-refractivity contribution is 7.89. The number of anilines is 1. The average molecular weight is 465 g/mol. The lowest BCUT2D eigenvalue weighted by molar-refractivity contribution is -0.125. The van der Waals surface area contributed by atoms with E-state index in [-0.39, 0.29) is 16.5 Å². The minimum atomic E-state index is -3.73. The van der Waals surface area contributed by atoms with Crippen LogP contribution in [0.4, 0.5) is 5.69 Å². The predicted octanol–water partition coefficient (Wildman–Crippen LogP) is 3.97. The molecule has 7 nitrogen and oxygen atoms in total. The Hall–Kier alpha value is -3.49. The summed E-state index contributed by atoms with van der Waals surface area (Å²) in [4.78, 5) is 25.9. The number of benzene rings is 3. The van der Waals surface area contributed by atoms with Crippen molar-refractivity contribution in [1.29, 1.82) is 0 Å². The Labute approximate surface area is 192 Å². The number of ether oxygens (including phenoxy) is 1. The standard InChI is InChI=1S/C25H24N2O5S/c1-17-10-12-20(13-11-17)26-24(28)23(18-6-3-2-4-7-18)32-25(29)19-8-5-9-22(16-19)33(30,31)27-21-14-15-21/h2-13,16,21,23,27H,14-15H2,1H3,(H,26,28). The summed E-state index contributed by atoms with van der Waals surface area (Å²) in [6, 6.07) is 21.4. The maximum atomic E-state index is 13.0. The average Bonchev–Trinajstić information content (AvgIpc) is 3.63. The fourth-order valence-corrected chi connectivity index (χ4v) is 4.55. The Morgan fingerprint density at radius 2 is 1.64 bits per heavy atom. The van der Waals surface area contributed by atoms with Gasteiger partial charge in [-0.1, -0.05) is 54.1 Å². The summed E-state index contributed by atoms with van der Waals surface area (Å²) in [5.74, 6) is -1.32. The molecule has 3 aromatic carbocycles. The van der Waals surface area contributed by atoms with Crippen molar-refractivity contribution in [2.24, 2.45) is 0 Å². The van der Waals surface area contributed by atoms with E-state index in [2.05, 4.69) is 10.0 Å². The van der Waals surface area contributed by atoms with Crippen LogP contribution >= 0.6 is 0 Å². The van der Waals surface area contributed by atoms with Gasteiger partial charge in [0.1, 0.15) is 0 Å². The van der Waals surface area contributed by atoms with Crippen molar-refractivity contribution in [3.05, 3.63) is 95.6 Å². The molecule has 0 aromatic heterocycles. The van der Waals surface area contributed by atoms with E-state index < -0.39 is 28.0 Å². The fourth-order valence-electron chi connectivity index (χ4n) is 3.20. The Kier molecular flexibility index (Phi) is 6.57. The van der Waals surface area contributed by atoms with Gasteiger partial charge in [-0.15, -0.1) is 0 Å². The summed E-state index contributed by atoms with van der Waals surface area (Å²) < 4.78 is 33.2. The third-order valence-electron chi connectivity index (χ3n) is 5.16. The van der Waals surface area contributed by atoms with Crippen molar-refractivity contribution in [3.8, 4) is 0 Å². The van der Waals surface area contributed by atoms with E-state index in [0.29, 0.717) is 11.3 Å². The van der Waals surface area contributed by atoms with Crippen molar-refractivity contribution < 1.29 is 22.7 Å². The van der Waals surface area contributed by atoms with Crippen LogP contribution in [0.3, 0.4) is 0 Å². The smallest absolute Gasteiger partial charge is 0.339 e. The number of nitrogens with one attached hydrogen (secondary N) is 2. The molecule has 4 rings (SSSR count). The van der Waals surface area contributed by atoms with Crippen LogP contribution in [0.5, 0.6) is 0 Å². The molecule has 8 heteroatoms. The van der Waals surface area contributed by atoms with Crippen molar-refractivity contribution in [2.75, 3.05) is 5.32 Å². The van der Waals surface area contributed by atoms with Crippen LogP contribution in [0, 0.1) is 6.92 Å². The van der Waals surface area contributed by atoms with Crippen molar-refractivity contribution >= 4 is 27.6 Å². The second-order valence-electron chi connectivity index (χ2n) is 7.97. The van der Waals surface area contributed by atoms with Gasteiger partial charge in [-0.2, -0.15) is 0 Å². The molecule has 33 heavy (non-hydrogen) atoms. The van der Waals surface area contributed by atoms with Crippen LogP contribution in [0.25, 0.3) is 0 Å². The zero-order chi connectivity index (χ0) is 23.4. The van der Waals surface area contributed by atoms with Gasteiger partial charge >= 0.3 is 5.97 Å². The normalized spacial score (nSPS) is 14.3. The molecular weight excluding hydrogens is 440 g/mol. The van der Waals surface area contributed by atoms with E-state index in [1.54, 1.807) is 42.5 Å². The zero-order valence-electron chi connectivity index (χ0n) is 18.0. The number of hydrogen-bond donors (Lipinski definition) is 2. The summed E-state index contributed by atoms with van der Waals surface area (Å²) in [7, 11) is -3.73. The number of esters is 1. The lowest BCUT2D eigenvalue weighted by Crippen LogP contribution is -2.27. The number of aryl methyl sites for hydroxylation is 1. The topological polar surface area (TPSA) is 102 Å². The summed E-state index contributed by atoms with van der Waals surface area (Å²) in [6.45, 7) is 1.94. The van der Waals surface area contributed by atoms with Gasteiger partial charge in [0.05, 0.1) is 10.5 Å². The highest BCUT2D eigenvalue weighted by Crippen LogP contribution is 2.25. The summed E-state index contributed by atoms with van der Waals surface area (Å²) in [5, 5.41) is 2.77. The Morgan fingerprint density at radius 1 is 0.939 bits per heavy atom. The van der Waals surface area contributed by atoms with Crippen LogP contribution in [-0.4, -0.2) is 26.3 Å². The first-order valence-corrected chi connectivity index (χ1v) is 12.1. The third-order valence-corrected chi connectivity index (χ3v) is 6.68. The number of hydrogen-bond acceptors (Lipinski definition) is 5. The zero-order valence-corrected chi connectivity index (χ0v) is 18.8. The molecular formula is C25H24N2O5S. The minimum absolute atomic E-state index is 0.0239. The van der Waals surface area contributed by atoms with Gasteiger partial charge in [0.2, 0.25) is 16.1 Å². The van der Waals surface area contributed by atoms with Gasteiger partial charge in [0, 0.05) is 17.3 Å². The van der Waals surface area contributed by atoms with E-state index in [1.807, 2.05) is 19.1 Å². The molecule has 170 valence electrons. The molecule has 0 radical (unpaired) electrons. The molecule has 1 saturated carbocycles. The second kappa shape index (κ2) is 9.56. The first-order valence-electron chi connectivity index (χ1n) is 10.6. The maximum Gasteiger partial charge on any atom is 0.339 e. The van der Waals surface area contributed by atoms with Crippen molar-refractivity contribution in [3.63, 3.8) is 0 Å². The summed E-state index contributed by atoms with van der Waals surface area (Å²) in [6.07, 6.45) is 0.385. The van der Waals surface area contributed by atoms with Gasteiger partial charge in [0.25, 0.3) is 5.91 Å². The minimum Gasteiger partial charge on any atom is -0.444 e. The highest BCUT2D eigenvalue weighted by Gasteiger charge is 2.29. The molecule has 1 amide bonds. The lowest BCUT2D eigenvalue weighted by Gasteiger charge is -2.18. The van der Waals surface area contributed by atoms with E-state index in [1.165, 1.54) is 24.3 Å². The van der Waals surface area contributed by atoms with E-state index in [9.17, 15) is 18.0 Å². The van der Waals surface area contributed by atoms with Crippen molar-refractivity contribution in [1.82, 2.24) is 4.72 Å². The monoisotopic (exact) mass is 464 g/mol. The predicted molar refractivity (Wildman–Crippen MR) is 124 cm³/mol. The van der Waals surface area contributed by atoms with Gasteiger partial charge in [0.15, 0.2) is 0 Å². The second-order valence-corrected chi connectivity index (χ2v) is 9.69. The highest BCUT2D eigenvalue weighted by atomic mass is 32.2. The molecule has 1 fully saturated rings.